The van der Waals surface area contributed by atoms with E-state index >= 15 is 0 Å². The molecule has 2 rings (SSSR count). The molecule has 0 aliphatic carbocycles. The van der Waals surface area contributed by atoms with E-state index in [9.17, 15) is 4.79 Å². The van der Waals surface area contributed by atoms with E-state index in [4.69, 9.17) is 14.6 Å². The number of ether oxygens (including phenoxy) is 2. The zero-order valence-corrected chi connectivity index (χ0v) is 7.47. The predicted molar refractivity (Wildman–Crippen MR) is 48.6 cm³/mol. The van der Waals surface area contributed by atoms with Crippen LogP contribution >= 0.6 is 0 Å². The summed E-state index contributed by atoms with van der Waals surface area (Å²) in [5, 5.41) is 8.58. The molecule has 0 radical (unpaired) electrons. The lowest BCUT2D eigenvalue weighted by Crippen LogP contribution is -2.31. The van der Waals surface area contributed by atoms with Gasteiger partial charge in [0.15, 0.2) is 11.5 Å². The van der Waals surface area contributed by atoms with Crippen molar-refractivity contribution in [3.63, 3.8) is 0 Å². The Labute approximate surface area is 81.1 Å². The highest BCUT2D eigenvalue weighted by atomic mass is 16.6. The standard InChI is InChI=1S/C10H10O4/c11-10(12)5-7-6-13-8-3-1-2-4-9(8)14-7/h1-4,7H,5-6H2,(H,11,12)/t7-/m1/s1. The summed E-state index contributed by atoms with van der Waals surface area (Å²) in [6, 6.07) is 7.24. The summed E-state index contributed by atoms with van der Waals surface area (Å²) in [6.07, 6.45) is -0.420. The maximum absolute atomic E-state index is 10.4. The molecule has 1 N–H and O–H groups in total. The number of aliphatic carboxylic acids is 1. The van der Waals surface area contributed by atoms with Gasteiger partial charge in [-0.25, -0.2) is 0 Å². The molecule has 4 heteroatoms. The second kappa shape index (κ2) is 3.57. The molecular weight excluding hydrogens is 184 g/mol. The number of carboxylic acid groups (broad SMARTS) is 1. The van der Waals surface area contributed by atoms with Crippen LogP contribution in [-0.2, 0) is 4.79 Å². The molecule has 1 atom stereocenters. The summed E-state index contributed by atoms with van der Waals surface area (Å²) in [6.45, 7) is 0.295. The second-order valence-corrected chi connectivity index (χ2v) is 3.10. The highest BCUT2D eigenvalue weighted by Gasteiger charge is 2.22. The third kappa shape index (κ3) is 1.79. The predicted octanol–water partition coefficient (Wildman–Crippen LogP) is 1.30. The lowest BCUT2D eigenvalue weighted by atomic mass is 10.2. The minimum atomic E-state index is -0.877. The van der Waals surface area contributed by atoms with Gasteiger partial charge in [0.1, 0.15) is 12.7 Å². The van der Waals surface area contributed by atoms with Crippen molar-refractivity contribution in [1.82, 2.24) is 0 Å². The Morgan fingerprint density at radius 3 is 2.86 bits per heavy atom. The third-order valence-electron chi connectivity index (χ3n) is 1.97. The van der Waals surface area contributed by atoms with E-state index in [0.717, 1.165) is 0 Å². The van der Waals surface area contributed by atoms with Crippen molar-refractivity contribution < 1.29 is 19.4 Å². The van der Waals surface area contributed by atoms with Gasteiger partial charge in [0.05, 0.1) is 6.42 Å². The van der Waals surface area contributed by atoms with Crippen LogP contribution in [-0.4, -0.2) is 23.8 Å². The number of hydrogen-bond donors (Lipinski definition) is 1. The Hall–Kier alpha value is -1.71. The monoisotopic (exact) mass is 194 g/mol. The summed E-state index contributed by atoms with van der Waals surface area (Å²) in [4.78, 5) is 10.4. The molecule has 4 nitrogen and oxygen atoms in total. The highest BCUT2D eigenvalue weighted by Crippen LogP contribution is 2.31. The largest absolute Gasteiger partial charge is 0.486 e. The fourth-order valence-electron chi connectivity index (χ4n) is 1.36. The van der Waals surface area contributed by atoms with Gasteiger partial charge in [-0.15, -0.1) is 0 Å². The van der Waals surface area contributed by atoms with E-state index in [0.29, 0.717) is 18.1 Å². The van der Waals surface area contributed by atoms with E-state index in [1.807, 2.05) is 12.1 Å². The molecule has 1 aliphatic heterocycles. The number of benzene rings is 1. The summed E-state index contributed by atoms with van der Waals surface area (Å²) in [5.41, 5.74) is 0. The molecule has 14 heavy (non-hydrogen) atoms. The van der Waals surface area contributed by atoms with Gasteiger partial charge < -0.3 is 14.6 Å². The number of fused-ring (bicyclic) bond motifs is 1. The van der Waals surface area contributed by atoms with E-state index in [-0.39, 0.29) is 12.5 Å². The van der Waals surface area contributed by atoms with Crippen LogP contribution in [0.4, 0.5) is 0 Å². The van der Waals surface area contributed by atoms with Gasteiger partial charge in [-0.2, -0.15) is 0 Å². The molecule has 1 aromatic carbocycles. The van der Waals surface area contributed by atoms with Crippen LogP contribution in [0.2, 0.25) is 0 Å². The number of rotatable bonds is 2. The summed E-state index contributed by atoms with van der Waals surface area (Å²) >= 11 is 0. The molecule has 0 saturated heterocycles. The average molecular weight is 194 g/mol. The van der Waals surface area contributed by atoms with E-state index in [1.54, 1.807) is 12.1 Å². The molecule has 0 unspecified atom stereocenters. The van der Waals surface area contributed by atoms with Crippen molar-refractivity contribution in [2.75, 3.05) is 6.61 Å². The molecular formula is C10H10O4. The lowest BCUT2D eigenvalue weighted by Gasteiger charge is -2.25. The molecule has 0 bridgehead atoms. The van der Waals surface area contributed by atoms with Crippen molar-refractivity contribution in [2.24, 2.45) is 0 Å². The van der Waals surface area contributed by atoms with Crippen molar-refractivity contribution in [1.29, 1.82) is 0 Å². The fraction of sp³-hybridized carbons (Fsp3) is 0.300. The maximum atomic E-state index is 10.4. The van der Waals surface area contributed by atoms with Gasteiger partial charge in [0.2, 0.25) is 0 Å². The number of para-hydroxylation sites is 2. The molecule has 1 aliphatic rings. The molecule has 0 fully saturated rings. The van der Waals surface area contributed by atoms with Crippen LogP contribution in [0.15, 0.2) is 24.3 Å². The first-order valence-corrected chi connectivity index (χ1v) is 4.36. The number of hydrogen-bond acceptors (Lipinski definition) is 3. The summed E-state index contributed by atoms with van der Waals surface area (Å²) < 4.78 is 10.8. The average Bonchev–Trinajstić information content (AvgIpc) is 2.17. The Kier molecular flexibility index (Phi) is 2.26. The SMILES string of the molecule is O=C(O)C[C@@H]1COc2ccccc2O1. The third-order valence-corrected chi connectivity index (χ3v) is 1.97. The van der Waals surface area contributed by atoms with Gasteiger partial charge in [0, 0.05) is 0 Å². The van der Waals surface area contributed by atoms with Gasteiger partial charge in [0.25, 0.3) is 0 Å². The van der Waals surface area contributed by atoms with Crippen molar-refractivity contribution >= 4 is 5.97 Å². The van der Waals surface area contributed by atoms with Crippen LogP contribution in [0, 0.1) is 0 Å². The van der Waals surface area contributed by atoms with Crippen molar-refractivity contribution in [3.8, 4) is 11.5 Å². The molecule has 1 heterocycles. The van der Waals surface area contributed by atoms with Crippen molar-refractivity contribution in [2.45, 2.75) is 12.5 Å². The summed E-state index contributed by atoms with van der Waals surface area (Å²) in [7, 11) is 0. The summed E-state index contributed by atoms with van der Waals surface area (Å²) in [5.74, 6) is 0.414. The van der Waals surface area contributed by atoms with Crippen LogP contribution in [0.5, 0.6) is 11.5 Å². The fourth-order valence-corrected chi connectivity index (χ4v) is 1.36. The Bertz CT molecular complexity index is 348. The van der Waals surface area contributed by atoms with E-state index in [1.165, 1.54) is 0 Å². The maximum Gasteiger partial charge on any atom is 0.307 e. The molecule has 0 spiro atoms. The molecule has 74 valence electrons. The number of carboxylic acids is 1. The van der Waals surface area contributed by atoms with Gasteiger partial charge in [-0.1, -0.05) is 12.1 Å². The van der Waals surface area contributed by atoms with Gasteiger partial charge in [-0.3, -0.25) is 4.79 Å². The highest BCUT2D eigenvalue weighted by molar-refractivity contribution is 5.67. The molecule has 0 saturated carbocycles. The zero-order valence-electron chi connectivity index (χ0n) is 7.47. The topological polar surface area (TPSA) is 55.8 Å². The first kappa shape index (κ1) is 8.87. The normalized spacial score (nSPS) is 19.0. The Morgan fingerprint density at radius 1 is 1.43 bits per heavy atom. The van der Waals surface area contributed by atoms with Crippen LogP contribution in [0.25, 0.3) is 0 Å². The molecule has 0 amide bonds. The van der Waals surface area contributed by atoms with Crippen LogP contribution in [0.1, 0.15) is 6.42 Å². The Morgan fingerprint density at radius 2 is 2.14 bits per heavy atom. The molecule has 1 aromatic rings. The zero-order chi connectivity index (χ0) is 9.97. The van der Waals surface area contributed by atoms with Crippen LogP contribution in [0.3, 0.4) is 0 Å². The van der Waals surface area contributed by atoms with E-state index < -0.39 is 5.97 Å². The first-order chi connectivity index (χ1) is 6.75. The lowest BCUT2D eigenvalue weighted by molar-refractivity contribution is -0.139. The second-order valence-electron chi connectivity index (χ2n) is 3.10. The van der Waals surface area contributed by atoms with E-state index in [2.05, 4.69) is 0 Å². The van der Waals surface area contributed by atoms with Crippen LogP contribution < -0.4 is 9.47 Å². The van der Waals surface area contributed by atoms with Gasteiger partial charge >= 0.3 is 5.97 Å². The molecule has 0 aromatic heterocycles. The van der Waals surface area contributed by atoms with Gasteiger partial charge in [-0.05, 0) is 12.1 Å². The smallest absolute Gasteiger partial charge is 0.307 e. The minimum absolute atomic E-state index is 0.0334. The quantitative estimate of drug-likeness (QED) is 0.771. The first-order valence-electron chi connectivity index (χ1n) is 4.36. The minimum Gasteiger partial charge on any atom is -0.486 e. The number of carbonyl (C=O) groups is 1. The van der Waals surface area contributed by atoms with Crippen molar-refractivity contribution in [3.05, 3.63) is 24.3 Å². The Balaban J connectivity index is 2.09.